The van der Waals surface area contributed by atoms with Crippen LogP contribution in [-0.4, -0.2) is 69.9 Å². The maximum absolute atomic E-state index is 11.9. The van der Waals surface area contributed by atoms with E-state index >= 15 is 0 Å². The largest absolute Gasteiger partial charge is 0.368 e. The van der Waals surface area contributed by atoms with Crippen LogP contribution in [0.3, 0.4) is 0 Å². The van der Waals surface area contributed by atoms with Crippen molar-refractivity contribution in [3.05, 3.63) is 53.6 Å². The molecule has 4 aromatic rings. The highest BCUT2D eigenvalue weighted by Crippen LogP contribution is 2.36. The number of halogens is 1. The molecule has 0 spiro atoms. The Morgan fingerprint density at radius 3 is 2.65 bits per heavy atom. The quantitative estimate of drug-likeness (QED) is 0.372. The summed E-state index contributed by atoms with van der Waals surface area (Å²) in [5, 5.41) is 9.07. The first-order chi connectivity index (χ1) is 18.7. The lowest BCUT2D eigenvalue weighted by atomic mass is 9.94. The minimum Gasteiger partial charge on any atom is -0.368 e. The first kappa shape index (κ1) is 21.8. The number of likely N-dealkylation sites (N-methyl/N-ethyl adjacent to an activating group) is 1. The Morgan fingerprint density at radius 2 is 1.97 bits per heavy atom. The Kier molecular flexibility index (Phi) is 5.62. The molecule has 1 aliphatic heterocycles. The van der Waals surface area contributed by atoms with Crippen molar-refractivity contribution in [2.24, 2.45) is 6.98 Å². The van der Waals surface area contributed by atoms with Gasteiger partial charge in [-0.3, -0.25) is 4.68 Å². The van der Waals surface area contributed by atoms with Crippen LogP contribution in [-0.2, 0) is 17.0 Å². The van der Waals surface area contributed by atoms with Crippen molar-refractivity contribution >= 4 is 49.7 Å². The number of hydrogen-bond acceptors (Lipinski definition) is 8. The molecule has 0 saturated carbocycles. The van der Waals surface area contributed by atoms with Gasteiger partial charge in [-0.2, -0.15) is 9.40 Å². The molecule has 1 aromatic carbocycles. The molecule has 0 aliphatic carbocycles. The third-order valence-corrected chi connectivity index (χ3v) is 8.22. The van der Waals surface area contributed by atoms with Gasteiger partial charge < -0.3 is 10.2 Å². The van der Waals surface area contributed by atoms with Crippen LogP contribution >= 0.6 is 11.6 Å². The van der Waals surface area contributed by atoms with Gasteiger partial charge in [0.05, 0.1) is 17.9 Å². The minimum atomic E-state index is -3.25. The maximum atomic E-state index is 11.9. The Bertz CT molecular complexity index is 1690. The summed E-state index contributed by atoms with van der Waals surface area (Å²) in [6, 6.07) is 7.75. The van der Waals surface area contributed by atoms with Crippen molar-refractivity contribution in [2.45, 2.75) is 25.8 Å². The summed E-state index contributed by atoms with van der Waals surface area (Å²) in [5.74, 6) is 1.50. The number of rotatable bonds is 7. The van der Waals surface area contributed by atoms with E-state index in [1.165, 1.54) is 16.8 Å². The van der Waals surface area contributed by atoms with Crippen molar-refractivity contribution in [1.29, 1.82) is 0 Å². The van der Waals surface area contributed by atoms with Gasteiger partial charge in [-0.15, -0.1) is 0 Å². The SMILES string of the molecule is [2H]C([2H])([2H])n1cc(-c2nccc(Nc3cc4c(C(C)C)ccc(N5CC(N(C)S(C)(=O)=O)C5)c4cn3)n2)c(Cl)n1. The van der Waals surface area contributed by atoms with Gasteiger partial charge in [0.15, 0.2) is 11.0 Å². The smallest absolute Gasteiger partial charge is 0.211 e. The summed E-state index contributed by atoms with van der Waals surface area (Å²) in [6.07, 6.45) is 5.87. The zero-order valence-corrected chi connectivity index (χ0v) is 22.4. The fourth-order valence-corrected chi connectivity index (χ4v) is 5.33. The number of fused-ring (bicyclic) bond motifs is 1. The van der Waals surface area contributed by atoms with Gasteiger partial charge >= 0.3 is 0 Å². The topological polar surface area (TPSA) is 109 Å². The van der Waals surface area contributed by atoms with E-state index in [9.17, 15) is 8.42 Å². The monoisotopic (exact) mass is 543 g/mol. The van der Waals surface area contributed by atoms with Crippen molar-refractivity contribution in [3.8, 4) is 11.4 Å². The Balaban J connectivity index is 1.44. The second-order valence-corrected chi connectivity index (χ2v) is 11.9. The van der Waals surface area contributed by atoms with E-state index in [4.69, 9.17) is 15.7 Å². The van der Waals surface area contributed by atoms with E-state index < -0.39 is 17.0 Å². The number of nitrogens with one attached hydrogen (secondary N) is 1. The lowest BCUT2D eigenvalue weighted by Gasteiger charge is -2.44. The van der Waals surface area contributed by atoms with Crippen molar-refractivity contribution < 1.29 is 12.5 Å². The molecule has 1 aliphatic rings. The second-order valence-electron chi connectivity index (χ2n) is 9.45. The summed E-state index contributed by atoms with van der Waals surface area (Å²) < 4.78 is 48.7. The molecule has 3 aromatic heterocycles. The Labute approximate surface area is 225 Å². The Hall–Kier alpha value is -3.28. The average molecular weight is 544 g/mol. The molecule has 194 valence electrons. The van der Waals surface area contributed by atoms with Gasteiger partial charge in [0.25, 0.3) is 0 Å². The predicted molar refractivity (Wildman–Crippen MR) is 147 cm³/mol. The highest BCUT2D eigenvalue weighted by molar-refractivity contribution is 7.88. The standard InChI is InChI=1S/C25H29ClN8O2S/c1-15(2)17-6-7-21(34-12-16(13-34)33(4)37(5,35)36)19-11-28-23(10-18(17)19)29-22-8-9-27-25(30-22)20-14-32(3)31-24(20)26/h6-11,14-16H,12-13H2,1-5H3,(H,27,28,29,30)/i3D3. The normalized spacial score (nSPS) is 16.1. The molecular weight excluding hydrogens is 512 g/mol. The van der Waals surface area contributed by atoms with E-state index in [0.29, 0.717) is 30.3 Å². The summed E-state index contributed by atoms with van der Waals surface area (Å²) in [5.41, 5.74) is 2.46. The fourth-order valence-electron chi connectivity index (χ4n) is 4.44. The number of nitrogens with zero attached hydrogens (tertiary/aromatic N) is 7. The molecule has 1 fully saturated rings. The van der Waals surface area contributed by atoms with Crippen LogP contribution in [0.15, 0.2) is 42.9 Å². The number of aromatic nitrogens is 5. The third kappa shape index (κ3) is 4.98. The first-order valence-corrected chi connectivity index (χ1v) is 13.9. The summed E-state index contributed by atoms with van der Waals surface area (Å²) in [4.78, 5) is 15.5. The number of sulfonamides is 1. The van der Waals surface area contributed by atoms with Crippen LogP contribution in [0.2, 0.25) is 5.15 Å². The van der Waals surface area contributed by atoms with Gasteiger partial charge in [0.1, 0.15) is 11.6 Å². The maximum Gasteiger partial charge on any atom is 0.211 e. The average Bonchev–Trinajstić information content (AvgIpc) is 3.24. The number of benzene rings is 1. The number of hydrogen-bond donors (Lipinski definition) is 1. The fraction of sp³-hybridized carbons (Fsp3) is 0.360. The highest BCUT2D eigenvalue weighted by atomic mass is 35.5. The third-order valence-electron chi connectivity index (χ3n) is 6.60. The molecule has 0 atom stereocenters. The van der Waals surface area contributed by atoms with Crippen LogP contribution in [0, 0.1) is 0 Å². The van der Waals surface area contributed by atoms with Crippen LogP contribution in [0.25, 0.3) is 22.2 Å². The molecule has 0 unspecified atom stereocenters. The van der Waals surface area contributed by atoms with E-state index in [1.807, 2.05) is 12.3 Å². The molecule has 0 amide bonds. The molecule has 0 radical (unpaired) electrons. The molecule has 1 saturated heterocycles. The van der Waals surface area contributed by atoms with Gasteiger partial charge in [0.2, 0.25) is 10.0 Å². The molecular formula is C25H29ClN8O2S. The zero-order chi connectivity index (χ0) is 29.0. The van der Waals surface area contributed by atoms with Crippen LogP contribution in [0.1, 0.15) is 29.4 Å². The first-order valence-electron chi connectivity index (χ1n) is 13.2. The van der Waals surface area contributed by atoms with E-state index in [0.717, 1.165) is 26.7 Å². The summed E-state index contributed by atoms with van der Waals surface area (Å²) in [6.45, 7) is 2.99. The van der Waals surface area contributed by atoms with E-state index in [1.54, 1.807) is 19.3 Å². The lowest BCUT2D eigenvalue weighted by Crippen LogP contribution is -2.59. The molecule has 4 heterocycles. The van der Waals surface area contributed by atoms with Gasteiger partial charge in [0, 0.05) is 60.9 Å². The predicted octanol–water partition coefficient (Wildman–Crippen LogP) is 4.03. The summed E-state index contributed by atoms with van der Waals surface area (Å²) >= 11 is 6.18. The van der Waals surface area contributed by atoms with Crippen molar-refractivity contribution in [2.75, 3.05) is 36.6 Å². The molecule has 1 N–H and O–H groups in total. The van der Waals surface area contributed by atoms with Crippen LogP contribution in [0.5, 0.6) is 0 Å². The number of aryl methyl sites for hydroxylation is 1. The molecule has 10 nitrogen and oxygen atoms in total. The molecule has 5 rings (SSSR count). The van der Waals surface area contributed by atoms with Crippen LogP contribution in [0.4, 0.5) is 17.3 Å². The Morgan fingerprint density at radius 1 is 1.19 bits per heavy atom. The zero-order valence-electron chi connectivity index (χ0n) is 23.8. The van der Waals surface area contributed by atoms with Crippen molar-refractivity contribution in [3.63, 3.8) is 0 Å². The second kappa shape index (κ2) is 9.55. The lowest BCUT2D eigenvalue weighted by molar-refractivity contribution is 0.313. The summed E-state index contributed by atoms with van der Waals surface area (Å²) in [7, 11) is -1.64. The van der Waals surface area contributed by atoms with E-state index in [2.05, 4.69) is 56.2 Å². The van der Waals surface area contributed by atoms with Gasteiger partial charge in [-0.25, -0.2) is 23.4 Å². The van der Waals surface area contributed by atoms with Crippen LogP contribution < -0.4 is 10.2 Å². The number of anilines is 3. The minimum absolute atomic E-state index is 0.0119. The molecule has 12 heteroatoms. The van der Waals surface area contributed by atoms with Crippen molar-refractivity contribution in [1.82, 2.24) is 29.0 Å². The van der Waals surface area contributed by atoms with Gasteiger partial charge in [-0.05, 0) is 35.1 Å². The molecule has 37 heavy (non-hydrogen) atoms. The molecule has 0 bridgehead atoms. The van der Waals surface area contributed by atoms with E-state index in [-0.39, 0.29) is 22.9 Å². The van der Waals surface area contributed by atoms with Gasteiger partial charge in [-0.1, -0.05) is 31.5 Å². The number of pyridine rings is 1. The highest BCUT2D eigenvalue weighted by Gasteiger charge is 2.35.